The predicted octanol–water partition coefficient (Wildman–Crippen LogP) is 1.26. The van der Waals surface area contributed by atoms with Gasteiger partial charge >= 0.3 is 0 Å². The van der Waals surface area contributed by atoms with Crippen molar-refractivity contribution < 1.29 is 13.2 Å². The minimum atomic E-state index is -3.52. The fraction of sp³-hybridized carbons (Fsp3) is 0.538. The minimum absolute atomic E-state index is 0.115. The Kier molecular flexibility index (Phi) is 5.04. The van der Waals surface area contributed by atoms with Gasteiger partial charge in [-0.05, 0) is 30.7 Å². The molecule has 1 N–H and O–H groups in total. The molecule has 0 radical (unpaired) electrons. The van der Waals surface area contributed by atoms with Gasteiger partial charge in [-0.3, -0.25) is 0 Å². The van der Waals surface area contributed by atoms with E-state index >= 15 is 0 Å². The van der Waals surface area contributed by atoms with Crippen molar-refractivity contribution in [2.24, 2.45) is 0 Å². The van der Waals surface area contributed by atoms with E-state index in [0.29, 0.717) is 30.3 Å². The molecule has 112 valence electrons. The van der Waals surface area contributed by atoms with Crippen LogP contribution < -0.4 is 5.32 Å². The highest BCUT2D eigenvalue weighted by Crippen LogP contribution is 2.22. The Morgan fingerprint density at radius 1 is 1.50 bits per heavy atom. The number of hydrogen-bond donors (Lipinski definition) is 1. The highest BCUT2D eigenvalue weighted by molar-refractivity contribution is 7.89. The quantitative estimate of drug-likeness (QED) is 0.908. The lowest BCUT2D eigenvalue weighted by Crippen LogP contribution is -2.45. The van der Waals surface area contributed by atoms with Crippen LogP contribution in [0.4, 0.5) is 0 Å². The summed E-state index contributed by atoms with van der Waals surface area (Å²) in [6, 6.07) is 4.79. The van der Waals surface area contributed by atoms with Gasteiger partial charge in [0, 0.05) is 31.7 Å². The predicted molar refractivity (Wildman–Crippen MR) is 78.6 cm³/mol. The van der Waals surface area contributed by atoms with E-state index in [9.17, 15) is 8.42 Å². The summed E-state index contributed by atoms with van der Waals surface area (Å²) >= 11 is 5.87. The molecular formula is C13H19ClN2O3S. The van der Waals surface area contributed by atoms with Crippen molar-refractivity contribution in [3.8, 4) is 0 Å². The van der Waals surface area contributed by atoms with E-state index in [-0.39, 0.29) is 11.0 Å². The lowest BCUT2D eigenvalue weighted by atomic mass is 10.2. The van der Waals surface area contributed by atoms with E-state index in [0.717, 1.165) is 6.54 Å². The zero-order chi connectivity index (χ0) is 14.8. The Bertz CT molecular complexity index is 571. The molecule has 1 atom stereocenters. The molecule has 0 spiro atoms. The Labute approximate surface area is 124 Å². The van der Waals surface area contributed by atoms with Gasteiger partial charge < -0.3 is 10.1 Å². The number of aryl methyl sites for hydroxylation is 1. The number of nitrogens with zero attached hydrogens (tertiary/aromatic N) is 1. The molecule has 0 amide bonds. The summed E-state index contributed by atoms with van der Waals surface area (Å²) in [6.45, 7) is 4.16. The highest BCUT2D eigenvalue weighted by atomic mass is 35.5. The first-order chi connectivity index (χ1) is 9.41. The van der Waals surface area contributed by atoms with Crippen LogP contribution in [0.15, 0.2) is 23.1 Å². The smallest absolute Gasteiger partial charge is 0.243 e. The van der Waals surface area contributed by atoms with E-state index in [1.165, 1.54) is 4.31 Å². The summed E-state index contributed by atoms with van der Waals surface area (Å²) in [4.78, 5) is 0.285. The molecule has 0 aliphatic carbocycles. The maximum atomic E-state index is 12.5. The number of likely N-dealkylation sites (N-methyl/N-ethyl adjacent to an activating group) is 1. The zero-order valence-corrected chi connectivity index (χ0v) is 13.2. The molecule has 5 nitrogen and oxygen atoms in total. The molecule has 20 heavy (non-hydrogen) atoms. The largest absolute Gasteiger partial charge is 0.374 e. The van der Waals surface area contributed by atoms with Crippen LogP contribution in [-0.4, -0.2) is 52.1 Å². The number of nitrogens with one attached hydrogen (secondary N) is 1. The number of ether oxygens (including phenoxy) is 1. The summed E-state index contributed by atoms with van der Waals surface area (Å²) < 4.78 is 32.0. The van der Waals surface area contributed by atoms with E-state index in [1.807, 2.05) is 0 Å². The lowest BCUT2D eigenvalue weighted by molar-refractivity contribution is 0.0206. The zero-order valence-electron chi connectivity index (χ0n) is 11.6. The summed E-state index contributed by atoms with van der Waals surface area (Å²) in [5.74, 6) is 0. The van der Waals surface area contributed by atoms with Crippen molar-refractivity contribution >= 4 is 21.6 Å². The average Bonchev–Trinajstić information content (AvgIpc) is 2.39. The highest BCUT2D eigenvalue weighted by Gasteiger charge is 2.26. The molecule has 1 aliphatic rings. The normalized spacial score (nSPS) is 20.3. The van der Waals surface area contributed by atoms with Crippen LogP contribution in [0.2, 0.25) is 5.02 Å². The van der Waals surface area contributed by atoms with Crippen molar-refractivity contribution in [2.75, 3.05) is 33.3 Å². The van der Waals surface area contributed by atoms with Gasteiger partial charge in [-0.15, -0.1) is 0 Å². The Morgan fingerprint density at radius 3 is 2.85 bits per heavy atom. The van der Waals surface area contributed by atoms with Crippen molar-refractivity contribution in [1.82, 2.24) is 9.62 Å². The molecule has 1 aliphatic heterocycles. The van der Waals surface area contributed by atoms with Crippen LogP contribution in [0, 0.1) is 6.92 Å². The van der Waals surface area contributed by atoms with Gasteiger partial charge in [-0.1, -0.05) is 11.6 Å². The van der Waals surface area contributed by atoms with E-state index in [1.54, 1.807) is 32.2 Å². The topological polar surface area (TPSA) is 58.6 Å². The first kappa shape index (κ1) is 15.7. The van der Waals surface area contributed by atoms with Gasteiger partial charge in [0.25, 0.3) is 0 Å². The van der Waals surface area contributed by atoms with Gasteiger partial charge in [0.05, 0.1) is 17.6 Å². The van der Waals surface area contributed by atoms with Crippen LogP contribution >= 0.6 is 11.6 Å². The molecule has 1 fully saturated rings. The first-order valence-electron chi connectivity index (χ1n) is 6.46. The number of sulfonamides is 1. The molecule has 7 heteroatoms. The Hall–Kier alpha value is -0.660. The van der Waals surface area contributed by atoms with Gasteiger partial charge in [0.2, 0.25) is 10.0 Å². The van der Waals surface area contributed by atoms with E-state index in [2.05, 4.69) is 5.32 Å². The number of rotatable bonds is 4. The number of halogens is 1. The van der Waals surface area contributed by atoms with Crippen LogP contribution in [0.25, 0.3) is 0 Å². The molecule has 0 aromatic heterocycles. The summed E-state index contributed by atoms with van der Waals surface area (Å²) in [7, 11) is -1.95. The van der Waals surface area contributed by atoms with E-state index < -0.39 is 10.0 Å². The minimum Gasteiger partial charge on any atom is -0.374 e. The average molecular weight is 319 g/mol. The SMILES string of the molecule is Cc1cc(Cl)ccc1S(=O)(=O)N(C)CC1CNCCO1. The van der Waals surface area contributed by atoms with Gasteiger partial charge in [-0.25, -0.2) is 8.42 Å². The number of hydrogen-bond acceptors (Lipinski definition) is 4. The molecular weight excluding hydrogens is 300 g/mol. The lowest BCUT2D eigenvalue weighted by Gasteiger charge is -2.28. The van der Waals surface area contributed by atoms with Crippen LogP contribution in [0.5, 0.6) is 0 Å². The number of benzene rings is 1. The maximum absolute atomic E-state index is 12.5. The fourth-order valence-corrected chi connectivity index (χ4v) is 3.82. The summed E-state index contributed by atoms with van der Waals surface area (Å²) in [5.41, 5.74) is 0.645. The van der Waals surface area contributed by atoms with Crippen molar-refractivity contribution in [3.63, 3.8) is 0 Å². The molecule has 1 saturated heterocycles. The third-order valence-corrected chi connectivity index (χ3v) is 5.51. The second-order valence-corrected chi connectivity index (χ2v) is 7.34. The Balaban J connectivity index is 2.16. The second-order valence-electron chi connectivity index (χ2n) is 4.89. The van der Waals surface area contributed by atoms with Crippen molar-refractivity contribution in [3.05, 3.63) is 28.8 Å². The molecule has 1 aromatic carbocycles. The van der Waals surface area contributed by atoms with Gasteiger partial charge in [0.15, 0.2) is 0 Å². The fourth-order valence-electron chi connectivity index (χ4n) is 2.19. The maximum Gasteiger partial charge on any atom is 0.243 e. The van der Waals surface area contributed by atoms with Crippen molar-refractivity contribution in [2.45, 2.75) is 17.9 Å². The standard InChI is InChI=1S/C13H19ClN2O3S/c1-10-7-11(14)3-4-13(10)20(17,18)16(2)9-12-8-15-5-6-19-12/h3-4,7,12,15H,5-6,8-9H2,1-2H3. The molecule has 1 heterocycles. The molecule has 2 rings (SSSR count). The van der Waals surface area contributed by atoms with Crippen molar-refractivity contribution in [1.29, 1.82) is 0 Å². The van der Waals surface area contributed by atoms with Crippen LogP contribution in [0.1, 0.15) is 5.56 Å². The van der Waals surface area contributed by atoms with E-state index in [4.69, 9.17) is 16.3 Å². The van der Waals surface area contributed by atoms with Crippen LogP contribution in [0.3, 0.4) is 0 Å². The van der Waals surface area contributed by atoms with Gasteiger partial charge in [0.1, 0.15) is 0 Å². The third-order valence-electron chi connectivity index (χ3n) is 3.29. The molecule has 0 bridgehead atoms. The van der Waals surface area contributed by atoms with Crippen LogP contribution in [-0.2, 0) is 14.8 Å². The Morgan fingerprint density at radius 2 is 2.25 bits per heavy atom. The molecule has 1 unspecified atom stereocenters. The summed E-state index contributed by atoms with van der Waals surface area (Å²) in [5, 5.41) is 3.72. The monoisotopic (exact) mass is 318 g/mol. The molecule has 0 saturated carbocycles. The number of morpholine rings is 1. The third kappa shape index (κ3) is 3.51. The molecule has 1 aromatic rings. The summed E-state index contributed by atoms with van der Waals surface area (Å²) in [6.07, 6.45) is -0.115. The second kappa shape index (κ2) is 6.41. The first-order valence-corrected chi connectivity index (χ1v) is 8.28. The van der Waals surface area contributed by atoms with Gasteiger partial charge in [-0.2, -0.15) is 4.31 Å².